The lowest BCUT2D eigenvalue weighted by atomic mass is 9.60. The van der Waals surface area contributed by atoms with Crippen LogP contribution in [0, 0.1) is 10.8 Å². The fraction of sp³-hybridized carbons (Fsp3) is 0.583. The van der Waals surface area contributed by atoms with Crippen molar-refractivity contribution in [2.75, 3.05) is 0 Å². The molecule has 2 aliphatic rings. The van der Waals surface area contributed by atoms with Gasteiger partial charge in [0.2, 0.25) is 0 Å². The maximum absolute atomic E-state index is 11.3. The van der Waals surface area contributed by atoms with Gasteiger partial charge in [0.05, 0.1) is 0 Å². The van der Waals surface area contributed by atoms with Gasteiger partial charge >= 0.3 is 0 Å². The van der Waals surface area contributed by atoms with Crippen LogP contribution in [0.15, 0.2) is 24.3 Å². The van der Waals surface area contributed by atoms with Crippen LogP contribution in [0.5, 0.6) is 0 Å². The summed E-state index contributed by atoms with van der Waals surface area (Å²) in [7, 11) is 0. The van der Waals surface area contributed by atoms with Gasteiger partial charge in [-0.1, -0.05) is 32.1 Å². The lowest BCUT2D eigenvalue weighted by molar-refractivity contribution is -0.118. The van der Waals surface area contributed by atoms with E-state index in [2.05, 4.69) is 32.1 Å². The molecule has 0 saturated carbocycles. The van der Waals surface area contributed by atoms with Crippen LogP contribution in [-0.2, 0) is 4.79 Å². The fourth-order valence-electron chi connectivity index (χ4n) is 2.53. The highest BCUT2D eigenvalue weighted by Gasteiger charge is 2.45. The van der Waals surface area contributed by atoms with Crippen molar-refractivity contribution in [2.45, 2.75) is 33.1 Å². The molecule has 1 nitrogen and oxygen atoms in total. The second-order valence-corrected chi connectivity index (χ2v) is 4.84. The average Bonchev–Trinajstić information content (AvgIpc) is 2.47. The van der Waals surface area contributed by atoms with E-state index in [1.165, 1.54) is 6.42 Å². The van der Waals surface area contributed by atoms with E-state index in [0.717, 1.165) is 6.42 Å². The molecular weight excluding hydrogens is 160 g/mol. The molecule has 0 heterocycles. The number of ketones is 1. The van der Waals surface area contributed by atoms with Gasteiger partial charge in [-0.2, -0.15) is 0 Å². The summed E-state index contributed by atoms with van der Waals surface area (Å²) in [6.45, 7) is 4.40. The minimum atomic E-state index is 0.103. The van der Waals surface area contributed by atoms with Gasteiger partial charge in [-0.3, -0.25) is 4.79 Å². The van der Waals surface area contributed by atoms with Gasteiger partial charge in [0.25, 0.3) is 0 Å². The van der Waals surface area contributed by atoms with Crippen molar-refractivity contribution in [3.05, 3.63) is 24.3 Å². The molecule has 0 radical (unpaired) electrons. The summed E-state index contributed by atoms with van der Waals surface area (Å²) in [5.74, 6) is 0.274. The van der Waals surface area contributed by atoms with Gasteiger partial charge in [0.1, 0.15) is 0 Å². The third kappa shape index (κ3) is 1.18. The molecule has 13 heavy (non-hydrogen) atoms. The third-order valence-corrected chi connectivity index (χ3v) is 3.58. The average molecular weight is 176 g/mol. The Morgan fingerprint density at radius 2 is 2.08 bits per heavy atom. The van der Waals surface area contributed by atoms with E-state index < -0.39 is 0 Å². The smallest absolute Gasteiger partial charge is 0.155 e. The Balaban J connectivity index is 2.42. The van der Waals surface area contributed by atoms with Gasteiger partial charge in [-0.15, -0.1) is 0 Å². The van der Waals surface area contributed by atoms with Crippen LogP contribution < -0.4 is 0 Å². The summed E-state index contributed by atoms with van der Waals surface area (Å²) < 4.78 is 0. The first-order chi connectivity index (χ1) is 6.06. The topological polar surface area (TPSA) is 17.1 Å². The molecule has 0 aromatic carbocycles. The first-order valence-corrected chi connectivity index (χ1v) is 4.96. The standard InChI is InChI=1S/C12H16O/c1-11(2)9-10(13)5-8-12(11)6-3-4-7-12/h3,5-6,8H,4,7,9H2,1-2H3. The highest BCUT2D eigenvalue weighted by atomic mass is 16.1. The lowest BCUT2D eigenvalue weighted by Crippen LogP contribution is -2.37. The SMILES string of the molecule is CC1(C)CC(=O)C=CC12C=CCC2. The van der Waals surface area contributed by atoms with Crippen molar-refractivity contribution in [3.8, 4) is 0 Å². The van der Waals surface area contributed by atoms with Crippen LogP contribution in [0.1, 0.15) is 33.1 Å². The van der Waals surface area contributed by atoms with E-state index in [-0.39, 0.29) is 16.6 Å². The number of hydrogen-bond acceptors (Lipinski definition) is 1. The Morgan fingerprint density at radius 3 is 2.62 bits per heavy atom. The van der Waals surface area contributed by atoms with Crippen LogP contribution in [-0.4, -0.2) is 5.78 Å². The van der Waals surface area contributed by atoms with Crippen molar-refractivity contribution in [1.29, 1.82) is 0 Å². The first-order valence-electron chi connectivity index (χ1n) is 4.96. The van der Waals surface area contributed by atoms with E-state index >= 15 is 0 Å². The van der Waals surface area contributed by atoms with Gasteiger partial charge < -0.3 is 0 Å². The molecule has 2 aliphatic carbocycles. The van der Waals surface area contributed by atoms with Crippen LogP contribution >= 0.6 is 0 Å². The summed E-state index contributed by atoms with van der Waals surface area (Å²) in [6, 6.07) is 0. The van der Waals surface area contributed by atoms with Crippen molar-refractivity contribution < 1.29 is 4.79 Å². The molecule has 1 unspecified atom stereocenters. The third-order valence-electron chi connectivity index (χ3n) is 3.58. The lowest BCUT2D eigenvalue weighted by Gasteiger charge is -2.43. The monoisotopic (exact) mass is 176 g/mol. The van der Waals surface area contributed by atoms with E-state index in [1.807, 2.05) is 0 Å². The quantitative estimate of drug-likeness (QED) is 0.519. The molecule has 0 aliphatic heterocycles. The summed E-state index contributed by atoms with van der Waals surface area (Å²) in [6.07, 6.45) is 11.4. The van der Waals surface area contributed by atoms with Crippen LogP contribution in [0.3, 0.4) is 0 Å². The molecule has 0 saturated heterocycles. The summed E-state index contributed by atoms with van der Waals surface area (Å²) in [5, 5.41) is 0. The second kappa shape index (κ2) is 2.57. The maximum atomic E-state index is 11.3. The van der Waals surface area contributed by atoms with Crippen molar-refractivity contribution in [2.24, 2.45) is 10.8 Å². The molecule has 0 aromatic rings. The molecule has 2 rings (SSSR count). The first kappa shape index (κ1) is 8.74. The van der Waals surface area contributed by atoms with Gasteiger partial charge in [-0.05, 0) is 24.3 Å². The minimum absolute atomic E-state index is 0.103. The zero-order valence-corrected chi connectivity index (χ0v) is 8.34. The van der Waals surface area contributed by atoms with Crippen LogP contribution in [0.2, 0.25) is 0 Å². The normalized spacial score (nSPS) is 36.0. The molecule has 0 amide bonds. The Kier molecular flexibility index (Phi) is 1.73. The Hall–Kier alpha value is -0.850. The van der Waals surface area contributed by atoms with Crippen molar-refractivity contribution in [1.82, 2.24) is 0 Å². The van der Waals surface area contributed by atoms with Crippen LogP contribution in [0.4, 0.5) is 0 Å². The minimum Gasteiger partial charge on any atom is -0.295 e. The number of allylic oxidation sites excluding steroid dienone is 4. The molecule has 0 aromatic heterocycles. The Morgan fingerprint density at radius 1 is 1.31 bits per heavy atom. The van der Waals surface area contributed by atoms with Gasteiger partial charge in [0, 0.05) is 11.8 Å². The molecular formula is C12H16O. The zero-order valence-electron chi connectivity index (χ0n) is 8.34. The molecule has 70 valence electrons. The van der Waals surface area contributed by atoms with Gasteiger partial charge in [0.15, 0.2) is 5.78 Å². The molecule has 1 atom stereocenters. The van der Waals surface area contributed by atoms with E-state index in [4.69, 9.17) is 0 Å². The zero-order chi connectivity index (χ0) is 9.53. The number of rotatable bonds is 0. The summed E-state index contributed by atoms with van der Waals surface area (Å²) in [4.78, 5) is 11.3. The predicted molar refractivity (Wildman–Crippen MR) is 53.4 cm³/mol. The van der Waals surface area contributed by atoms with E-state index in [1.54, 1.807) is 6.08 Å². The number of hydrogen-bond donors (Lipinski definition) is 0. The van der Waals surface area contributed by atoms with Crippen molar-refractivity contribution in [3.63, 3.8) is 0 Å². The molecule has 0 N–H and O–H groups in total. The molecule has 0 bridgehead atoms. The predicted octanol–water partition coefficient (Wildman–Crippen LogP) is 2.88. The number of carbonyl (C=O) groups excluding carboxylic acids is 1. The largest absolute Gasteiger partial charge is 0.295 e. The van der Waals surface area contributed by atoms with E-state index in [9.17, 15) is 4.79 Å². The summed E-state index contributed by atoms with van der Waals surface area (Å²) in [5.41, 5.74) is 0.271. The summed E-state index contributed by atoms with van der Waals surface area (Å²) >= 11 is 0. The Labute approximate surface area is 79.5 Å². The highest BCUT2D eigenvalue weighted by Crippen LogP contribution is 2.52. The van der Waals surface area contributed by atoms with Crippen LogP contribution in [0.25, 0.3) is 0 Å². The van der Waals surface area contributed by atoms with E-state index in [0.29, 0.717) is 6.42 Å². The molecule has 1 heteroatoms. The molecule has 0 fully saturated rings. The second-order valence-electron chi connectivity index (χ2n) is 4.84. The number of carbonyl (C=O) groups is 1. The van der Waals surface area contributed by atoms with Gasteiger partial charge in [-0.25, -0.2) is 0 Å². The molecule has 1 spiro atoms. The maximum Gasteiger partial charge on any atom is 0.155 e. The Bertz CT molecular complexity index is 296. The fourth-order valence-corrected chi connectivity index (χ4v) is 2.53. The highest BCUT2D eigenvalue weighted by molar-refractivity contribution is 5.91. The van der Waals surface area contributed by atoms with Crippen molar-refractivity contribution >= 4 is 5.78 Å².